The van der Waals surface area contributed by atoms with Crippen molar-refractivity contribution in [1.29, 1.82) is 0 Å². The van der Waals surface area contributed by atoms with Gasteiger partial charge in [-0.15, -0.1) is 0 Å². The van der Waals surface area contributed by atoms with E-state index in [0.717, 1.165) is 57.8 Å². The molecule has 0 saturated heterocycles. The molecule has 0 saturated carbocycles. The van der Waals surface area contributed by atoms with Crippen LogP contribution in [-0.4, -0.2) is 49.3 Å². The van der Waals surface area contributed by atoms with Crippen LogP contribution in [-0.2, 0) is 32.7 Å². The number of allylic oxidation sites excluding steroid dienone is 2. The van der Waals surface area contributed by atoms with Crippen molar-refractivity contribution in [3.63, 3.8) is 0 Å². The van der Waals surface area contributed by atoms with Gasteiger partial charge in [0.25, 0.3) is 0 Å². The third kappa shape index (κ3) is 28.9. The molecule has 9 nitrogen and oxygen atoms in total. The number of carbonyl (C=O) groups excluding carboxylic acids is 2. The van der Waals surface area contributed by atoms with E-state index in [0.29, 0.717) is 6.42 Å². The third-order valence-electron chi connectivity index (χ3n) is 6.90. The molecular weight excluding hydrogens is 557 g/mol. The Bertz CT molecular complexity index is 719. The van der Waals surface area contributed by atoms with Crippen molar-refractivity contribution in [2.24, 2.45) is 5.73 Å². The van der Waals surface area contributed by atoms with Crippen molar-refractivity contribution in [3.8, 4) is 0 Å². The lowest BCUT2D eigenvalue weighted by molar-refractivity contribution is -0.161. The Morgan fingerprint density at radius 3 is 1.76 bits per heavy atom. The van der Waals surface area contributed by atoms with Gasteiger partial charge in [-0.2, -0.15) is 0 Å². The molecule has 0 amide bonds. The summed E-state index contributed by atoms with van der Waals surface area (Å²) < 4.78 is 32.4. The Kier molecular flexibility index (Phi) is 28.9. The van der Waals surface area contributed by atoms with Crippen LogP contribution >= 0.6 is 7.82 Å². The fourth-order valence-electron chi connectivity index (χ4n) is 4.38. The highest BCUT2D eigenvalue weighted by molar-refractivity contribution is 7.47. The smallest absolute Gasteiger partial charge is 0.462 e. The van der Waals surface area contributed by atoms with Crippen LogP contribution < -0.4 is 5.73 Å². The molecule has 3 N–H and O–H groups in total. The van der Waals surface area contributed by atoms with Crippen LogP contribution in [0.1, 0.15) is 149 Å². The summed E-state index contributed by atoms with van der Waals surface area (Å²) >= 11 is 0. The highest BCUT2D eigenvalue weighted by Gasteiger charge is 2.25. The Hall–Kier alpha value is -1.25. The maximum absolute atomic E-state index is 12.4. The van der Waals surface area contributed by atoms with Crippen LogP contribution in [0.5, 0.6) is 0 Å². The Labute approximate surface area is 256 Å². The van der Waals surface area contributed by atoms with Gasteiger partial charge in [0.05, 0.1) is 13.2 Å². The predicted molar refractivity (Wildman–Crippen MR) is 169 cm³/mol. The van der Waals surface area contributed by atoms with Gasteiger partial charge in [-0.05, 0) is 32.1 Å². The van der Waals surface area contributed by atoms with Crippen molar-refractivity contribution in [2.45, 2.75) is 155 Å². The van der Waals surface area contributed by atoms with E-state index in [2.05, 4.69) is 26.0 Å². The predicted octanol–water partition coefficient (Wildman–Crippen LogP) is 8.32. The summed E-state index contributed by atoms with van der Waals surface area (Å²) in [5.74, 6) is -0.841. The molecular formula is C32H62NO8P. The second-order valence-corrected chi connectivity index (χ2v) is 12.5. The molecule has 0 bridgehead atoms. The topological polar surface area (TPSA) is 134 Å². The van der Waals surface area contributed by atoms with Gasteiger partial charge < -0.3 is 20.1 Å². The first-order chi connectivity index (χ1) is 20.3. The first-order valence-corrected chi connectivity index (χ1v) is 18.2. The number of carbonyl (C=O) groups is 2. The number of hydrogen-bond donors (Lipinski definition) is 2. The summed E-state index contributed by atoms with van der Waals surface area (Å²) in [4.78, 5) is 34.4. The lowest BCUT2D eigenvalue weighted by Gasteiger charge is -2.19. The molecule has 0 radical (unpaired) electrons. The summed E-state index contributed by atoms with van der Waals surface area (Å²) in [6, 6.07) is 0. The average Bonchev–Trinajstić information content (AvgIpc) is 2.97. The van der Waals surface area contributed by atoms with Gasteiger partial charge in [0, 0.05) is 19.4 Å². The number of nitrogens with two attached hydrogens (primary N) is 1. The van der Waals surface area contributed by atoms with E-state index in [1.807, 2.05) is 0 Å². The summed E-state index contributed by atoms with van der Waals surface area (Å²) in [5, 5.41) is 0. The minimum atomic E-state index is -4.36. The second-order valence-electron chi connectivity index (χ2n) is 11.0. The van der Waals surface area contributed by atoms with Crippen molar-refractivity contribution in [1.82, 2.24) is 0 Å². The van der Waals surface area contributed by atoms with Gasteiger partial charge in [-0.25, -0.2) is 4.57 Å². The van der Waals surface area contributed by atoms with Gasteiger partial charge in [0.1, 0.15) is 6.61 Å². The van der Waals surface area contributed by atoms with Crippen LogP contribution in [0.3, 0.4) is 0 Å². The highest BCUT2D eigenvalue weighted by Crippen LogP contribution is 2.43. The molecule has 0 aromatic heterocycles. The molecule has 2 atom stereocenters. The quantitative estimate of drug-likeness (QED) is 0.0340. The Balaban J connectivity index is 4.31. The first-order valence-electron chi connectivity index (χ1n) is 16.7. The minimum Gasteiger partial charge on any atom is -0.462 e. The number of hydrogen-bond acceptors (Lipinski definition) is 8. The van der Waals surface area contributed by atoms with E-state index < -0.39 is 26.5 Å². The van der Waals surface area contributed by atoms with E-state index in [1.165, 1.54) is 57.8 Å². The number of esters is 2. The third-order valence-corrected chi connectivity index (χ3v) is 7.89. The molecule has 42 heavy (non-hydrogen) atoms. The van der Waals surface area contributed by atoms with E-state index in [4.69, 9.17) is 24.3 Å². The van der Waals surface area contributed by atoms with Crippen molar-refractivity contribution >= 4 is 19.8 Å². The zero-order chi connectivity index (χ0) is 31.2. The summed E-state index contributed by atoms with van der Waals surface area (Å²) in [7, 11) is -4.36. The number of phosphoric acid groups is 1. The van der Waals surface area contributed by atoms with Gasteiger partial charge in [-0.3, -0.25) is 18.6 Å². The standard InChI is InChI=1S/C32H62NO8P/c1-3-5-7-9-11-13-15-17-19-21-23-25-32(35)41-30(29-40-42(36,37)39-27-26-33)28-38-31(34)24-22-20-18-16-14-12-10-8-6-4-2/h9,11,30H,3-8,10,12-29,33H2,1-2H3,(H,36,37)/b11-9-/t30-/m1/s1. The maximum Gasteiger partial charge on any atom is 0.472 e. The van der Waals surface area contributed by atoms with Crippen LogP contribution in [0.4, 0.5) is 0 Å². The first kappa shape index (κ1) is 40.8. The highest BCUT2D eigenvalue weighted by atomic mass is 31.2. The van der Waals surface area contributed by atoms with Gasteiger partial charge in [-0.1, -0.05) is 116 Å². The molecule has 0 aromatic carbocycles. The van der Waals surface area contributed by atoms with Crippen molar-refractivity contribution in [2.75, 3.05) is 26.4 Å². The van der Waals surface area contributed by atoms with E-state index >= 15 is 0 Å². The van der Waals surface area contributed by atoms with E-state index in [1.54, 1.807) is 0 Å². The molecule has 0 rings (SSSR count). The van der Waals surface area contributed by atoms with Crippen LogP contribution in [0, 0.1) is 0 Å². The Morgan fingerprint density at radius 1 is 0.690 bits per heavy atom. The fourth-order valence-corrected chi connectivity index (χ4v) is 5.14. The molecule has 0 spiro atoms. The molecule has 0 fully saturated rings. The zero-order valence-electron chi connectivity index (χ0n) is 26.7. The number of phosphoric ester groups is 1. The average molecular weight is 620 g/mol. The fraction of sp³-hybridized carbons (Fsp3) is 0.875. The van der Waals surface area contributed by atoms with Gasteiger partial charge >= 0.3 is 19.8 Å². The number of ether oxygens (including phenoxy) is 2. The lowest BCUT2D eigenvalue weighted by atomic mass is 10.1. The molecule has 10 heteroatoms. The zero-order valence-corrected chi connectivity index (χ0v) is 27.6. The molecule has 1 unspecified atom stereocenters. The molecule has 0 aromatic rings. The second kappa shape index (κ2) is 29.8. The van der Waals surface area contributed by atoms with E-state index in [-0.39, 0.29) is 38.6 Å². The molecule has 0 aliphatic heterocycles. The summed E-state index contributed by atoms with van der Waals surface area (Å²) in [6.45, 7) is 3.64. The maximum atomic E-state index is 12.4. The van der Waals surface area contributed by atoms with Crippen LogP contribution in [0.25, 0.3) is 0 Å². The van der Waals surface area contributed by atoms with Crippen molar-refractivity contribution in [3.05, 3.63) is 12.2 Å². The number of rotatable bonds is 31. The molecule has 0 aliphatic carbocycles. The number of unbranched alkanes of at least 4 members (excludes halogenated alkanes) is 16. The van der Waals surface area contributed by atoms with Gasteiger partial charge in [0.15, 0.2) is 6.10 Å². The monoisotopic (exact) mass is 619 g/mol. The minimum absolute atomic E-state index is 0.0541. The lowest BCUT2D eigenvalue weighted by Crippen LogP contribution is -2.29. The van der Waals surface area contributed by atoms with Gasteiger partial charge in [0.2, 0.25) is 0 Å². The summed E-state index contributed by atoms with van der Waals surface area (Å²) in [5.41, 5.74) is 5.31. The van der Waals surface area contributed by atoms with Crippen molar-refractivity contribution < 1.29 is 37.6 Å². The molecule has 248 valence electrons. The normalized spacial score (nSPS) is 13.7. The van der Waals surface area contributed by atoms with Crippen LogP contribution in [0.15, 0.2) is 12.2 Å². The SMILES string of the molecule is CCCC/C=C\CCCCCCCC(=O)O[C@H](COC(=O)CCCCCCCCCCCC)COP(=O)(O)OCCN. The largest absolute Gasteiger partial charge is 0.472 e. The van der Waals surface area contributed by atoms with Crippen LogP contribution in [0.2, 0.25) is 0 Å². The van der Waals surface area contributed by atoms with E-state index in [9.17, 15) is 19.0 Å². The molecule has 0 heterocycles. The summed E-state index contributed by atoms with van der Waals surface area (Å²) in [6.07, 6.45) is 25.3. The molecule has 0 aliphatic rings. The Morgan fingerprint density at radius 2 is 1.19 bits per heavy atom.